The van der Waals surface area contributed by atoms with E-state index >= 15 is 0 Å². The Balaban J connectivity index is 2.00. The van der Waals surface area contributed by atoms with E-state index in [2.05, 4.69) is 10.3 Å². The van der Waals surface area contributed by atoms with E-state index in [1.165, 1.54) is 0 Å². The molecule has 0 saturated carbocycles. The fraction of sp³-hybridized carbons (Fsp3) is 0.571. The largest absolute Gasteiger partial charge is 0.444 e. The van der Waals surface area contributed by atoms with E-state index in [0.29, 0.717) is 12.5 Å². The lowest BCUT2D eigenvalue weighted by Crippen LogP contribution is -2.33. The topological polar surface area (TPSA) is 63.7 Å². The molecule has 1 amide bonds. The summed E-state index contributed by atoms with van der Waals surface area (Å²) < 4.78 is 10.6. The molecular weight excluding hydrogens is 258 g/mol. The number of rotatable bonds is 2. The van der Waals surface area contributed by atoms with Crippen molar-refractivity contribution in [1.82, 2.24) is 4.98 Å². The molecule has 6 heteroatoms. The van der Waals surface area contributed by atoms with Crippen molar-refractivity contribution in [2.75, 3.05) is 30.1 Å². The lowest BCUT2D eigenvalue weighted by Gasteiger charge is -2.27. The quantitative estimate of drug-likeness (QED) is 0.901. The van der Waals surface area contributed by atoms with Gasteiger partial charge in [-0.05, 0) is 39.3 Å². The van der Waals surface area contributed by atoms with Gasteiger partial charge in [0.15, 0.2) is 0 Å². The van der Waals surface area contributed by atoms with Gasteiger partial charge in [0.25, 0.3) is 0 Å². The average molecular weight is 279 g/mol. The van der Waals surface area contributed by atoms with Crippen LogP contribution < -0.4 is 10.2 Å². The molecule has 0 aliphatic carbocycles. The zero-order chi connectivity index (χ0) is 14.6. The molecule has 0 bridgehead atoms. The van der Waals surface area contributed by atoms with Crippen LogP contribution in [0, 0.1) is 0 Å². The van der Waals surface area contributed by atoms with Gasteiger partial charge >= 0.3 is 6.09 Å². The molecule has 2 heterocycles. The van der Waals surface area contributed by atoms with Gasteiger partial charge in [-0.1, -0.05) is 6.07 Å². The molecule has 6 nitrogen and oxygen atoms in total. The molecule has 0 radical (unpaired) electrons. The molecule has 1 aromatic heterocycles. The minimum atomic E-state index is -0.525. The van der Waals surface area contributed by atoms with Crippen molar-refractivity contribution in [3.63, 3.8) is 0 Å². The fourth-order valence-corrected chi connectivity index (χ4v) is 1.85. The number of aromatic nitrogens is 1. The third kappa shape index (κ3) is 4.38. The molecule has 1 N–H and O–H groups in total. The van der Waals surface area contributed by atoms with Crippen molar-refractivity contribution in [3.8, 4) is 0 Å². The van der Waals surface area contributed by atoms with Gasteiger partial charge < -0.3 is 14.4 Å². The van der Waals surface area contributed by atoms with E-state index in [-0.39, 0.29) is 0 Å². The van der Waals surface area contributed by atoms with Crippen LogP contribution in [-0.2, 0) is 9.47 Å². The van der Waals surface area contributed by atoms with E-state index in [1.54, 1.807) is 6.07 Å². The van der Waals surface area contributed by atoms with Crippen molar-refractivity contribution in [3.05, 3.63) is 18.2 Å². The lowest BCUT2D eigenvalue weighted by molar-refractivity contribution is 0.0635. The predicted octanol–water partition coefficient (Wildman–Crippen LogP) is 2.61. The molecule has 110 valence electrons. The first kappa shape index (κ1) is 14.6. The highest BCUT2D eigenvalue weighted by Gasteiger charge is 2.17. The average Bonchev–Trinajstić information content (AvgIpc) is 2.38. The van der Waals surface area contributed by atoms with Crippen LogP contribution >= 0.6 is 0 Å². The van der Waals surface area contributed by atoms with Crippen molar-refractivity contribution in [2.24, 2.45) is 0 Å². The third-order valence-corrected chi connectivity index (χ3v) is 2.65. The smallest absolute Gasteiger partial charge is 0.413 e. The molecule has 1 fully saturated rings. The number of anilines is 2. The summed E-state index contributed by atoms with van der Waals surface area (Å²) in [5.41, 5.74) is -0.525. The van der Waals surface area contributed by atoms with Gasteiger partial charge in [-0.2, -0.15) is 0 Å². The number of hydrogen-bond donors (Lipinski definition) is 1. The van der Waals surface area contributed by atoms with Gasteiger partial charge in [-0.25, -0.2) is 9.78 Å². The Kier molecular flexibility index (Phi) is 4.44. The van der Waals surface area contributed by atoms with Crippen molar-refractivity contribution < 1.29 is 14.3 Å². The second-order valence-electron chi connectivity index (χ2n) is 5.66. The predicted molar refractivity (Wildman–Crippen MR) is 76.9 cm³/mol. The summed E-state index contributed by atoms with van der Waals surface area (Å²) in [7, 11) is 0. The summed E-state index contributed by atoms with van der Waals surface area (Å²) in [6, 6.07) is 5.48. The maximum atomic E-state index is 11.7. The molecule has 1 aliphatic heterocycles. The number of hydrogen-bond acceptors (Lipinski definition) is 5. The normalized spacial score (nSPS) is 15.8. The molecule has 2 rings (SSSR count). The van der Waals surface area contributed by atoms with Crippen LogP contribution in [-0.4, -0.2) is 36.6 Å². The summed E-state index contributed by atoms with van der Waals surface area (Å²) in [6.45, 7) is 7.68. The van der Waals surface area contributed by atoms with E-state index in [1.807, 2.05) is 37.8 Å². The van der Waals surface area contributed by atoms with Gasteiger partial charge in [0, 0.05) is 6.54 Å². The number of nitrogens with one attached hydrogen (secondary N) is 1. The minimum Gasteiger partial charge on any atom is -0.444 e. The molecular formula is C14H21N3O3. The number of pyridine rings is 1. The van der Waals surface area contributed by atoms with E-state index < -0.39 is 11.7 Å². The van der Waals surface area contributed by atoms with E-state index in [9.17, 15) is 4.79 Å². The maximum absolute atomic E-state index is 11.7. The van der Waals surface area contributed by atoms with Gasteiger partial charge in [-0.15, -0.1) is 0 Å². The van der Waals surface area contributed by atoms with Crippen LogP contribution in [0.4, 0.5) is 16.4 Å². The van der Waals surface area contributed by atoms with Crippen LogP contribution in [0.25, 0.3) is 0 Å². The van der Waals surface area contributed by atoms with Crippen molar-refractivity contribution >= 4 is 17.7 Å². The minimum absolute atomic E-state index is 0.474. The first-order valence-electron chi connectivity index (χ1n) is 6.74. The monoisotopic (exact) mass is 279 g/mol. The second kappa shape index (κ2) is 6.09. The Bertz CT molecular complexity index is 465. The first-order chi connectivity index (χ1) is 9.44. The van der Waals surface area contributed by atoms with E-state index in [0.717, 1.165) is 25.4 Å². The van der Waals surface area contributed by atoms with Crippen LogP contribution in [0.1, 0.15) is 27.2 Å². The Hall–Kier alpha value is -1.82. The van der Waals surface area contributed by atoms with Crippen molar-refractivity contribution in [1.29, 1.82) is 0 Å². The summed E-state index contributed by atoms with van der Waals surface area (Å²) in [4.78, 5) is 18.1. The summed E-state index contributed by atoms with van der Waals surface area (Å²) in [5, 5.41) is 2.64. The summed E-state index contributed by atoms with van der Waals surface area (Å²) >= 11 is 0. The molecule has 0 atom stereocenters. The zero-order valence-corrected chi connectivity index (χ0v) is 12.2. The zero-order valence-electron chi connectivity index (χ0n) is 12.2. The van der Waals surface area contributed by atoms with Crippen molar-refractivity contribution in [2.45, 2.75) is 32.8 Å². The molecule has 0 unspecified atom stereocenters. The van der Waals surface area contributed by atoms with Crippen LogP contribution in [0.15, 0.2) is 18.2 Å². The number of carbonyl (C=O) groups excluding carboxylic acids is 1. The fourth-order valence-electron chi connectivity index (χ4n) is 1.85. The summed E-state index contributed by atoms with van der Waals surface area (Å²) in [6.07, 6.45) is 0.475. The molecule has 1 saturated heterocycles. The van der Waals surface area contributed by atoms with Gasteiger partial charge in [0.05, 0.1) is 6.61 Å². The van der Waals surface area contributed by atoms with Crippen LogP contribution in [0.2, 0.25) is 0 Å². The van der Waals surface area contributed by atoms with Gasteiger partial charge in [0.1, 0.15) is 24.0 Å². The van der Waals surface area contributed by atoms with Gasteiger partial charge in [-0.3, -0.25) is 5.32 Å². The molecule has 0 aromatic carbocycles. The highest BCUT2D eigenvalue weighted by Crippen LogP contribution is 2.17. The Morgan fingerprint density at radius 1 is 1.45 bits per heavy atom. The maximum Gasteiger partial charge on any atom is 0.413 e. The molecule has 1 aromatic rings. The standard InChI is InChI=1S/C14H21N3O3/c1-14(2,3)20-13(18)16-11-6-4-7-12(15-11)17-8-5-9-19-10-17/h4,6-7H,5,8-10H2,1-3H3,(H,15,16,18). The highest BCUT2D eigenvalue weighted by atomic mass is 16.6. The number of nitrogens with zero attached hydrogens (tertiary/aromatic N) is 2. The number of carbonyl (C=O) groups is 1. The summed E-state index contributed by atoms with van der Waals surface area (Å²) in [5.74, 6) is 1.26. The second-order valence-corrected chi connectivity index (χ2v) is 5.66. The van der Waals surface area contributed by atoms with Crippen LogP contribution in [0.5, 0.6) is 0 Å². The Morgan fingerprint density at radius 3 is 2.90 bits per heavy atom. The van der Waals surface area contributed by atoms with Crippen LogP contribution in [0.3, 0.4) is 0 Å². The molecule has 0 spiro atoms. The third-order valence-electron chi connectivity index (χ3n) is 2.65. The molecule has 20 heavy (non-hydrogen) atoms. The van der Waals surface area contributed by atoms with Gasteiger partial charge in [0.2, 0.25) is 0 Å². The molecule has 1 aliphatic rings. The lowest BCUT2D eigenvalue weighted by atomic mass is 10.2. The Morgan fingerprint density at radius 2 is 2.25 bits per heavy atom. The number of amides is 1. The van der Waals surface area contributed by atoms with E-state index in [4.69, 9.17) is 9.47 Å². The first-order valence-corrected chi connectivity index (χ1v) is 6.74. The SMILES string of the molecule is CC(C)(C)OC(=O)Nc1cccc(N2CCCOC2)n1. The highest BCUT2D eigenvalue weighted by molar-refractivity contribution is 5.83. The Labute approximate surface area is 119 Å². The number of ether oxygens (including phenoxy) is 2.